The van der Waals surface area contributed by atoms with Crippen LogP contribution >= 0.6 is 0 Å². The number of nitrogens with zero attached hydrogens (tertiary/aromatic N) is 2. The van der Waals surface area contributed by atoms with Crippen molar-refractivity contribution in [3.63, 3.8) is 0 Å². The molecule has 0 radical (unpaired) electrons. The summed E-state index contributed by atoms with van der Waals surface area (Å²) in [7, 11) is 0. The number of carbonyl (C=O) groups is 1. The number of hydrogen-bond donors (Lipinski definition) is 3. The van der Waals surface area contributed by atoms with E-state index in [1.165, 1.54) is 0 Å². The maximum Gasteiger partial charge on any atom is 0.338 e. The quantitative estimate of drug-likeness (QED) is 0.412. The summed E-state index contributed by atoms with van der Waals surface area (Å²) in [6.07, 6.45) is 0. The minimum Gasteiger partial charge on any atom is -0.462 e. The van der Waals surface area contributed by atoms with Crippen LogP contribution in [0.2, 0.25) is 0 Å². The van der Waals surface area contributed by atoms with Gasteiger partial charge in [-0.1, -0.05) is 6.07 Å². The van der Waals surface area contributed by atoms with Gasteiger partial charge in [0.1, 0.15) is 0 Å². The van der Waals surface area contributed by atoms with Crippen LogP contribution in [-0.4, -0.2) is 24.5 Å². The van der Waals surface area contributed by atoms with Gasteiger partial charge in [0.15, 0.2) is 5.96 Å². The molecule has 0 spiro atoms. The van der Waals surface area contributed by atoms with Crippen molar-refractivity contribution in [2.75, 3.05) is 6.61 Å². The van der Waals surface area contributed by atoms with Gasteiger partial charge >= 0.3 is 5.97 Å². The minimum absolute atomic E-state index is 0.0846. The Labute approximate surface area is 111 Å². The van der Waals surface area contributed by atoms with E-state index in [-0.39, 0.29) is 11.9 Å². The molecule has 0 saturated heterocycles. The van der Waals surface area contributed by atoms with Gasteiger partial charge in [-0.05, 0) is 31.5 Å². The number of aliphatic imine (C=N–C) groups is 2. The van der Waals surface area contributed by atoms with Gasteiger partial charge in [-0.3, -0.25) is 0 Å². The smallest absolute Gasteiger partial charge is 0.338 e. The maximum absolute atomic E-state index is 11.7. The van der Waals surface area contributed by atoms with Crippen LogP contribution in [-0.2, 0) is 4.74 Å². The van der Waals surface area contributed by atoms with Crippen LogP contribution in [0.15, 0.2) is 28.2 Å². The van der Waals surface area contributed by atoms with Gasteiger partial charge in [0.05, 0.1) is 17.9 Å². The third-order valence-corrected chi connectivity index (χ3v) is 2.20. The highest BCUT2D eigenvalue weighted by molar-refractivity contribution is 5.95. The fraction of sp³-hybridized carbons (Fsp3) is 0.250. The van der Waals surface area contributed by atoms with Crippen molar-refractivity contribution in [1.82, 2.24) is 0 Å². The number of guanidine groups is 2. The molecule has 19 heavy (non-hydrogen) atoms. The van der Waals surface area contributed by atoms with Gasteiger partial charge < -0.3 is 21.9 Å². The molecule has 0 heterocycles. The summed E-state index contributed by atoms with van der Waals surface area (Å²) >= 11 is 0. The lowest BCUT2D eigenvalue weighted by molar-refractivity contribution is 0.0525. The Bertz CT molecular complexity index is 533. The third kappa shape index (κ3) is 4.30. The molecule has 0 aliphatic carbocycles. The normalized spacial score (nSPS) is 10.9. The van der Waals surface area contributed by atoms with Crippen LogP contribution in [0.1, 0.15) is 22.8 Å². The molecule has 0 fully saturated rings. The number of nitrogens with two attached hydrogens (primary N) is 3. The van der Waals surface area contributed by atoms with Crippen LogP contribution in [0.3, 0.4) is 0 Å². The molecule has 1 aromatic rings. The lowest BCUT2D eigenvalue weighted by atomic mass is 10.1. The zero-order chi connectivity index (χ0) is 14.4. The van der Waals surface area contributed by atoms with E-state index in [9.17, 15) is 4.79 Å². The zero-order valence-corrected chi connectivity index (χ0v) is 10.9. The van der Waals surface area contributed by atoms with E-state index in [0.717, 1.165) is 5.56 Å². The van der Waals surface area contributed by atoms with Crippen LogP contribution in [0.25, 0.3) is 0 Å². The average Bonchev–Trinajstić information content (AvgIpc) is 2.30. The number of rotatable bonds is 3. The van der Waals surface area contributed by atoms with Crippen molar-refractivity contribution in [3.05, 3.63) is 29.3 Å². The molecule has 0 atom stereocenters. The van der Waals surface area contributed by atoms with E-state index in [4.69, 9.17) is 21.9 Å². The van der Waals surface area contributed by atoms with E-state index < -0.39 is 5.97 Å². The van der Waals surface area contributed by atoms with Crippen molar-refractivity contribution in [1.29, 1.82) is 0 Å². The molecular formula is C12H17N5O2. The van der Waals surface area contributed by atoms with Gasteiger partial charge in [0.25, 0.3) is 0 Å². The van der Waals surface area contributed by atoms with E-state index in [2.05, 4.69) is 9.98 Å². The molecule has 6 N–H and O–H groups in total. The first-order valence-electron chi connectivity index (χ1n) is 5.65. The number of aryl methyl sites for hydroxylation is 1. The molecule has 102 valence electrons. The summed E-state index contributed by atoms with van der Waals surface area (Å²) in [4.78, 5) is 19.3. The Morgan fingerprint density at radius 1 is 1.32 bits per heavy atom. The van der Waals surface area contributed by atoms with Crippen molar-refractivity contribution in [2.45, 2.75) is 13.8 Å². The van der Waals surface area contributed by atoms with Crippen LogP contribution in [0.4, 0.5) is 5.69 Å². The second-order valence-electron chi connectivity index (χ2n) is 3.73. The molecule has 0 amide bonds. The molecular weight excluding hydrogens is 246 g/mol. The Balaban J connectivity index is 3.09. The number of hydrogen-bond acceptors (Lipinski definition) is 3. The first-order valence-corrected chi connectivity index (χ1v) is 5.65. The molecule has 0 aliphatic heterocycles. The summed E-state index contributed by atoms with van der Waals surface area (Å²) in [6.45, 7) is 3.85. The Hall–Kier alpha value is -2.57. The van der Waals surface area contributed by atoms with Crippen molar-refractivity contribution >= 4 is 23.6 Å². The highest BCUT2D eigenvalue weighted by atomic mass is 16.5. The molecule has 1 rings (SSSR count). The highest BCUT2D eigenvalue weighted by Gasteiger charge is 2.10. The van der Waals surface area contributed by atoms with Gasteiger partial charge in [-0.25, -0.2) is 9.79 Å². The summed E-state index contributed by atoms with van der Waals surface area (Å²) in [5.74, 6) is -0.671. The maximum atomic E-state index is 11.7. The third-order valence-electron chi connectivity index (χ3n) is 2.20. The SMILES string of the molecule is CCOC(=O)c1cc(N=C(N)N=C(N)N)ccc1C. The fourth-order valence-electron chi connectivity index (χ4n) is 1.40. The van der Waals surface area contributed by atoms with Crippen molar-refractivity contribution in [3.8, 4) is 0 Å². The molecule has 0 aromatic heterocycles. The molecule has 0 saturated carbocycles. The predicted octanol–water partition coefficient (Wildman–Crippen LogP) is 0.391. The summed E-state index contributed by atoms with van der Waals surface area (Å²) in [5.41, 5.74) is 17.6. The molecule has 0 bridgehead atoms. The van der Waals surface area contributed by atoms with E-state index in [1.807, 2.05) is 0 Å². The Morgan fingerprint density at radius 2 is 2.00 bits per heavy atom. The van der Waals surface area contributed by atoms with Gasteiger partial charge in [-0.15, -0.1) is 0 Å². The van der Waals surface area contributed by atoms with Crippen LogP contribution in [0.5, 0.6) is 0 Å². The summed E-state index contributed by atoms with van der Waals surface area (Å²) in [6, 6.07) is 5.02. The minimum atomic E-state index is -0.405. The first kappa shape index (κ1) is 14.5. The molecule has 0 aliphatic rings. The molecule has 7 heteroatoms. The largest absolute Gasteiger partial charge is 0.462 e. The van der Waals surface area contributed by atoms with E-state index in [1.54, 1.807) is 32.0 Å². The van der Waals surface area contributed by atoms with Crippen molar-refractivity contribution < 1.29 is 9.53 Å². The molecule has 1 aromatic carbocycles. The molecule has 7 nitrogen and oxygen atoms in total. The second kappa shape index (κ2) is 6.39. The Kier molecular flexibility index (Phi) is 4.87. The topological polar surface area (TPSA) is 129 Å². The zero-order valence-electron chi connectivity index (χ0n) is 10.9. The van der Waals surface area contributed by atoms with Gasteiger partial charge in [0.2, 0.25) is 5.96 Å². The Morgan fingerprint density at radius 3 is 2.58 bits per heavy atom. The lowest BCUT2D eigenvalue weighted by Gasteiger charge is -2.06. The molecule has 0 unspecified atom stereocenters. The van der Waals surface area contributed by atoms with Crippen molar-refractivity contribution in [2.24, 2.45) is 27.2 Å². The number of ether oxygens (including phenoxy) is 1. The monoisotopic (exact) mass is 263 g/mol. The van der Waals surface area contributed by atoms with Gasteiger partial charge in [0, 0.05) is 0 Å². The van der Waals surface area contributed by atoms with Crippen LogP contribution in [0, 0.1) is 6.92 Å². The van der Waals surface area contributed by atoms with Crippen LogP contribution < -0.4 is 17.2 Å². The first-order chi connectivity index (χ1) is 8.93. The van der Waals surface area contributed by atoms with Gasteiger partial charge in [-0.2, -0.15) is 4.99 Å². The predicted molar refractivity (Wildman–Crippen MR) is 74.2 cm³/mol. The average molecular weight is 263 g/mol. The highest BCUT2D eigenvalue weighted by Crippen LogP contribution is 2.19. The summed E-state index contributed by atoms with van der Waals surface area (Å²) < 4.78 is 4.95. The summed E-state index contributed by atoms with van der Waals surface area (Å²) in [5, 5.41) is 0. The lowest BCUT2D eigenvalue weighted by Crippen LogP contribution is -2.26. The van der Waals surface area contributed by atoms with E-state index in [0.29, 0.717) is 17.9 Å². The fourth-order valence-corrected chi connectivity index (χ4v) is 1.40. The number of esters is 1. The number of carbonyl (C=O) groups excluding carboxylic acids is 1. The standard InChI is InChI=1S/C12H17N5O2/c1-3-19-10(18)9-6-8(5-4-7(9)2)16-12(15)17-11(13)14/h4-6H,3H2,1-2H3,(H6,13,14,15,16,17). The second-order valence-corrected chi connectivity index (χ2v) is 3.73. The van der Waals surface area contributed by atoms with E-state index >= 15 is 0 Å². The number of benzene rings is 1.